The van der Waals surface area contributed by atoms with Crippen LogP contribution in [-0.4, -0.2) is 51.1 Å². The number of pyridine rings is 1. The Balaban J connectivity index is 1.69. The molecule has 3 N–H and O–H groups in total. The second kappa shape index (κ2) is 7.44. The van der Waals surface area contributed by atoms with Gasteiger partial charge in [-0.1, -0.05) is 0 Å². The molecule has 10 heteroatoms. The van der Waals surface area contributed by atoms with Gasteiger partial charge in [0.15, 0.2) is 5.69 Å². The zero-order valence-corrected chi connectivity index (χ0v) is 18.2. The van der Waals surface area contributed by atoms with Crippen molar-refractivity contribution in [3.8, 4) is 11.3 Å². The topological polar surface area (TPSA) is 85.5 Å². The molecule has 33 heavy (non-hydrogen) atoms. The van der Waals surface area contributed by atoms with E-state index >= 15 is 0 Å². The number of halogens is 3. The van der Waals surface area contributed by atoms with Crippen LogP contribution in [0.3, 0.4) is 0 Å². The third kappa shape index (κ3) is 3.26. The molecule has 0 bridgehead atoms. The van der Waals surface area contributed by atoms with Gasteiger partial charge >= 0.3 is 6.18 Å². The summed E-state index contributed by atoms with van der Waals surface area (Å²) in [6.07, 6.45) is 2.00. The average Bonchev–Trinajstić information content (AvgIpc) is 3.47. The first kappa shape index (κ1) is 20.5. The summed E-state index contributed by atoms with van der Waals surface area (Å²) in [7, 11) is 0. The number of piperazine rings is 1. The summed E-state index contributed by atoms with van der Waals surface area (Å²) < 4.78 is 41.3. The lowest BCUT2D eigenvalue weighted by Crippen LogP contribution is -2.49. The lowest BCUT2D eigenvalue weighted by atomic mass is 9.85. The van der Waals surface area contributed by atoms with Crippen LogP contribution in [0.2, 0.25) is 0 Å². The van der Waals surface area contributed by atoms with Crippen molar-refractivity contribution in [2.45, 2.75) is 44.8 Å². The number of nitrogens with zero attached hydrogens (tertiary/aromatic N) is 4. The van der Waals surface area contributed by atoms with Crippen LogP contribution in [0.25, 0.3) is 33.1 Å². The molecule has 1 aliphatic carbocycles. The second-order valence-corrected chi connectivity index (χ2v) is 9.02. The minimum atomic E-state index is -4.56. The van der Waals surface area contributed by atoms with Gasteiger partial charge in [-0.05, 0) is 49.8 Å². The molecule has 1 aromatic carbocycles. The van der Waals surface area contributed by atoms with Crippen LogP contribution >= 0.6 is 0 Å². The van der Waals surface area contributed by atoms with E-state index in [1.165, 1.54) is 6.20 Å². The molecule has 1 fully saturated rings. The highest BCUT2D eigenvalue weighted by atomic mass is 19.4. The molecule has 1 aliphatic heterocycles. The number of hydrogen-bond acceptors (Lipinski definition) is 5. The van der Waals surface area contributed by atoms with E-state index in [0.717, 1.165) is 77.5 Å². The van der Waals surface area contributed by atoms with E-state index < -0.39 is 11.9 Å². The molecule has 4 heterocycles. The van der Waals surface area contributed by atoms with Crippen molar-refractivity contribution < 1.29 is 13.2 Å². The number of aromatic amines is 2. The summed E-state index contributed by atoms with van der Waals surface area (Å²) in [5.74, 6) is 0. The number of rotatable bonds is 2. The third-order valence-corrected chi connectivity index (χ3v) is 6.85. The molecule has 0 spiro atoms. The average molecular weight is 455 g/mol. The highest BCUT2D eigenvalue weighted by Crippen LogP contribution is 2.43. The molecule has 6 rings (SSSR count). The van der Waals surface area contributed by atoms with Crippen LogP contribution in [0.15, 0.2) is 18.5 Å². The van der Waals surface area contributed by atoms with Gasteiger partial charge in [0.1, 0.15) is 0 Å². The molecule has 3 aromatic heterocycles. The van der Waals surface area contributed by atoms with Crippen molar-refractivity contribution in [2.75, 3.05) is 24.5 Å². The van der Waals surface area contributed by atoms with Crippen molar-refractivity contribution >= 4 is 27.5 Å². The summed E-state index contributed by atoms with van der Waals surface area (Å²) in [5, 5.41) is 18.8. The van der Waals surface area contributed by atoms with Gasteiger partial charge < -0.3 is 10.2 Å². The van der Waals surface area contributed by atoms with Gasteiger partial charge in [-0.15, -0.1) is 0 Å². The van der Waals surface area contributed by atoms with Crippen molar-refractivity contribution in [1.29, 1.82) is 0 Å². The Labute approximate surface area is 187 Å². The summed E-state index contributed by atoms with van der Waals surface area (Å²) in [6, 6.07) is 2.34. The predicted octanol–water partition coefficient (Wildman–Crippen LogP) is 4.20. The number of nitrogens with one attached hydrogen (secondary N) is 3. The van der Waals surface area contributed by atoms with Gasteiger partial charge in [0.25, 0.3) is 0 Å². The van der Waals surface area contributed by atoms with Gasteiger partial charge in [-0.25, -0.2) is 4.98 Å². The number of H-pyrrole nitrogens is 2. The maximum absolute atomic E-state index is 13.8. The van der Waals surface area contributed by atoms with Crippen molar-refractivity contribution in [3.63, 3.8) is 0 Å². The summed E-state index contributed by atoms with van der Waals surface area (Å²) in [5.41, 5.74) is 4.08. The molecule has 2 aliphatic rings. The van der Waals surface area contributed by atoms with E-state index in [1.807, 2.05) is 6.07 Å². The van der Waals surface area contributed by atoms with Crippen LogP contribution < -0.4 is 10.2 Å². The standard InChI is InChI=1S/C23H24F3N7/c1-12-11-33(7-6-27-12)18-8-17-15(9-28-31-17)19-13-4-2-3-5-14(13)20(30-21(18)19)16-10-29-32-22(16)23(24,25)26/h8-10,12,27H,2-7,11H2,1H3,(H,28,31)(H,29,32)/t12-/m0/s1. The Kier molecular flexibility index (Phi) is 4.62. The second-order valence-electron chi connectivity index (χ2n) is 9.02. The Hall–Kier alpha value is -3.14. The fraction of sp³-hybridized carbons (Fsp3) is 0.435. The number of fused-ring (bicyclic) bond motifs is 5. The van der Waals surface area contributed by atoms with Gasteiger partial charge in [0.2, 0.25) is 0 Å². The normalized spacial score (nSPS) is 19.4. The highest BCUT2D eigenvalue weighted by Gasteiger charge is 2.38. The van der Waals surface area contributed by atoms with E-state index in [2.05, 4.69) is 37.5 Å². The summed E-state index contributed by atoms with van der Waals surface area (Å²) in [6.45, 7) is 4.56. The predicted molar refractivity (Wildman–Crippen MR) is 120 cm³/mol. The number of benzene rings is 1. The highest BCUT2D eigenvalue weighted by molar-refractivity contribution is 6.13. The SMILES string of the molecule is C[C@H]1CN(c2cc3[nH]ncc3c3c4c(c(-c5c[nH]nc5C(F)(F)F)nc23)CCCC4)CCN1. The monoisotopic (exact) mass is 455 g/mol. The first-order valence-corrected chi connectivity index (χ1v) is 11.3. The molecule has 172 valence electrons. The molecule has 1 saturated heterocycles. The van der Waals surface area contributed by atoms with E-state index in [4.69, 9.17) is 4.98 Å². The van der Waals surface area contributed by atoms with Crippen LogP contribution in [0, 0.1) is 0 Å². The van der Waals surface area contributed by atoms with Crippen molar-refractivity contribution in [3.05, 3.63) is 35.3 Å². The van der Waals surface area contributed by atoms with E-state index in [9.17, 15) is 13.2 Å². The number of aromatic nitrogens is 5. The molecule has 4 aromatic rings. The molecule has 0 unspecified atom stereocenters. The third-order valence-electron chi connectivity index (χ3n) is 6.85. The first-order chi connectivity index (χ1) is 15.9. The lowest BCUT2D eigenvalue weighted by molar-refractivity contribution is -0.140. The lowest BCUT2D eigenvalue weighted by Gasteiger charge is -2.34. The van der Waals surface area contributed by atoms with Gasteiger partial charge in [-0.3, -0.25) is 10.2 Å². The Morgan fingerprint density at radius 3 is 2.76 bits per heavy atom. The Morgan fingerprint density at radius 1 is 1.15 bits per heavy atom. The van der Waals surface area contributed by atoms with Gasteiger partial charge in [0, 0.05) is 42.6 Å². The van der Waals surface area contributed by atoms with Gasteiger partial charge in [-0.2, -0.15) is 23.4 Å². The minimum absolute atomic E-state index is 0.0227. The van der Waals surface area contributed by atoms with E-state index in [-0.39, 0.29) is 5.56 Å². The van der Waals surface area contributed by atoms with Crippen LogP contribution in [0.5, 0.6) is 0 Å². The van der Waals surface area contributed by atoms with Crippen LogP contribution in [0.1, 0.15) is 36.6 Å². The molecular formula is C23H24F3N7. The summed E-state index contributed by atoms with van der Waals surface area (Å²) >= 11 is 0. The molecule has 0 amide bonds. The minimum Gasteiger partial charge on any atom is -0.367 e. The number of aryl methyl sites for hydroxylation is 1. The zero-order valence-electron chi connectivity index (χ0n) is 18.2. The number of hydrogen-bond donors (Lipinski definition) is 3. The molecule has 0 saturated carbocycles. The maximum Gasteiger partial charge on any atom is 0.435 e. The fourth-order valence-electron chi connectivity index (χ4n) is 5.41. The largest absolute Gasteiger partial charge is 0.435 e. The van der Waals surface area contributed by atoms with E-state index in [1.54, 1.807) is 6.20 Å². The summed E-state index contributed by atoms with van der Waals surface area (Å²) in [4.78, 5) is 7.24. The molecule has 7 nitrogen and oxygen atoms in total. The van der Waals surface area contributed by atoms with E-state index in [0.29, 0.717) is 18.2 Å². The quantitative estimate of drug-likeness (QED) is 0.422. The van der Waals surface area contributed by atoms with Crippen LogP contribution in [-0.2, 0) is 19.0 Å². The number of alkyl halides is 3. The van der Waals surface area contributed by atoms with Crippen molar-refractivity contribution in [1.82, 2.24) is 30.7 Å². The fourth-order valence-corrected chi connectivity index (χ4v) is 5.41. The molecule has 0 radical (unpaired) electrons. The van der Waals surface area contributed by atoms with Gasteiger partial charge in [0.05, 0.1) is 34.2 Å². The first-order valence-electron chi connectivity index (χ1n) is 11.3. The maximum atomic E-state index is 13.8. The number of anilines is 1. The Morgan fingerprint density at radius 2 is 1.97 bits per heavy atom. The zero-order chi connectivity index (χ0) is 22.7. The van der Waals surface area contributed by atoms with Crippen molar-refractivity contribution in [2.24, 2.45) is 0 Å². The van der Waals surface area contributed by atoms with Crippen LogP contribution in [0.4, 0.5) is 18.9 Å². The molecule has 1 atom stereocenters. The smallest absolute Gasteiger partial charge is 0.367 e. The molecular weight excluding hydrogens is 431 g/mol. The Bertz CT molecular complexity index is 1350.